The number of hydrogen-bond donors (Lipinski definition) is 0. The molecule has 0 radical (unpaired) electrons. The number of fused-ring (bicyclic) bond motifs is 1. The lowest BCUT2D eigenvalue weighted by molar-refractivity contribution is -0.335. The first kappa shape index (κ1) is 20.1. The van der Waals surface area contributed by atoms with Crippen LogP contribution in [-0.2, 0) is 29.6 Å². The van der Waals surface area contributed by atoms with Crippen LogP contribution < -0.4 is 4.74 Å². The SMILES string of the molecule is COc1ccc2cc(C3([C@H](C)OS(C)(=O)=O)OCC(C)(C)CO3)ccc2c1. The molecular weight excluding hydrogens is 368 g/mol. The first-order chi connectivity index (χ1) is 12.5. The zero-order valence-electron chi connectivity index (χ0n) is 16.3. The van der Waals surface area contributed by atoms with Crippen molar-refractivity contribution in [1.82, 2.24) is 0 Å². The fraction of sp³-hybridized carbons (Fsp3) is 0.500. The number of hydrogen-bond acceptors (Lipinski definition) is 6. The Morgan fingerprint density at radius 1 is 1.04 bits per heavy atom. The van der Waals surface area contributed by atoms with Gasteiger partial charge in [-0.05, 0) is 35.9 Å². The minimum Gasteiger partial charge on any atom is -0.497 e. The lowest BCUT2D eigenvalue weighted by Gasteiger charge is -2.46. The Kier molecular flexibility index (Phi) is 5.24. The molecule has 1 heterocycles. The fourth-order valence-electron chi connectivity index (χ4n) is 3.22. The molecule has 1 aliphatic rings. The average molecular weight is 394 g/mol. The summed E-state index contributed by atoms with van der Waals surface area (Å²) in [5.41, 5.74) is 0.547. The molecule has 1 fully saturated rings. The maximum atomic E-state index is 11.7. The van der Waals surface area contributed by atoms with E-state index in [2.05, 4.69) is 0 Å². The summed E-state index contributed by atoms with van der Waals surface area (Å²) in [4.78, 5) is 0. The van der Waals surface area contributed by atoms with Crippen molar-refractivity contribution in [2.45, 2.75) is 32.7 Å². The molecule has 0 amide bonds. The maximum Gasteiger partial charge on any atom is 0.264 e. The minimum absolute atomic E-state index is 0.168. The maximum absolute atomic E-state index is 11.7. The predicted molar refractivity (Wildman–Crippen MR) is 103 cm³/mol. The molecule has 6 nitrogen and oxygen atoms in total. The smallest absolute Gasteiger partial charge is 0.264 e. The van der Waals surface area contributed by atoms with Gasteiger partial charge in [-0.3, -0.25) is 4.18 Å². The molecule has 0 spiro atoms. The van der Waals surface area contributed by atoms with Crippen LogP contribution in [-0.4, -0.2) is 41.1 Å². The Labute approximate surface area is 160 Å². The minimum atomic E-state index is -3.68. The van der Waals surface area contributed by atoms with Gasteiger partial charge in [0.25, 0.3) is 10.1 Å². The Morgan fingerprint density at radius 3 is 2.22 bits per heavy atom. The summed E-state index contributed by atoms with van der Waals surface area (Å²) in [6, 6.07) is 11.5. The molecule has 0 aliphatic carbocycles. The lowest BCUT2D eigenvalue weighted by atomic mass is 9.91. The van der Waals surface area contributed by atoms with E-state index in [1.807, 2.05) is 50.2 Å². The van der Waals surface area contributed by atoms with Crippen LogP contribution in [0, 0.1) is 5.41 Å². The van der Waals surface area contributed by atoms with Gasteiger partial charge in [-0.2, -0.15) is 8.42 Å². The summed E-state index contributed by atoms with van der Waals surface area (Å²) in [5, 5.41) is 1.97. The van der Waals surface area contributed by atoms with Gasteiger partial charge in [-0.25, -0.2) is 0 Å². The molecule has 2 aromatic rings. The third-order valence-electron chi connectivity index (χ3n) is 4.66. The molecule has 148 valence electrons. The number of rotatable bonds is 5. The molecule has 27 heavy (non-hydrogen) atoms. The van der Waals surface area contributed by atoms with Gasteiger partial charge in [0, 0.05) is 11.0 Å². The van der Waals surface area contributed by atoms with E-state index in [-0.39, 0.29) is 5.41 Å². The van der Waals surface area contributed by atoms with Crippen molar-refractivity contribution in [2.75, 3.05) is 26.6 Å². The monoisotopic (exact) mass is 394 g/mol. The van der Waals surface area contributed by atoms with Crippen LogP contribution in [0.1, 0.15) is 26.3 Å². The fourth-order valence-corrected chi connectivity index (χ4v) is 3.87. The molecule has 1 atom stereocenters. The van der Waals surface area contributed by atoms with E-state index in [0.717, 1.165) is 22.8 Å². The molecule has 7 heteroatoms. The second kappa shape index (κ2) is 7.05. The molecule has 3 rings (SSSR count). The molecular formula is C20H26O6S. The van der Waals surface area contributed by atoms with Gasteiger partial charge in [0.15, 0.2) is 0 Å². The van der Waals surface area contributed by atoms with Gasteiger partial charge in [0.05, 0.1) is 26.6 Å². The summed E-state index contributed by atoms with van der Waals surface area (Å²) < 4.78 is 46.2. The van der Waals surface area contributed by atoms with Crippen molar-refractivity contribution < 1.29 is 26.8 Å². The first-order valence-corrected chi connectivity index (χ1v) is 10.6. The highest BCUT2D eigenvalue weighted by atomic mass is 32.2. The molecule has 0 unspecified atom stereocenters. The van der Waals surface area contributed by atoms with Crippen molar-refractivity contribution in [2.24, 2.45) is 5.41 Å². The van der Waals surface area contributed by atoms with Gasteiger partial charge in [-0.15, -0.1) is 0 Å². The van der Waals surface area contributed by atoms with Gasteiger partial charge < -0.3 is 14.2 Å². The van der Waals surface area contributed by atoms with Gasteiger partial charge in [0.2, 0.25) is 5.79 Å². The Balaban J connectivity index is 2.06. The van der Waals surface area contributed by atoms with Crippen molar-refractivity contribution >= 4 is 20.9 Å². The summed E-state index contributed by atoms with van der Waals surface area (Å²) in [6.07, 6.45) is 0.177. The van der Waals surface area contributed by atoms with Crippen LogP contribution in [0.2, 0.25) is 0 Å². The third-order valence-corrected chi connectivity index (χ3v) is 5.30. The van der Waals surface area contributed by atoms with Crippen LogP contribution in [0.4, 0.5) is 0 Å². The Hall–Kier alpha value is -1.67. The summed E-state index contributed by atoms with van der Waals surface area (Å²) in [5.74, 6) is -0.530. The van der Waals surface area contributed by atoms with Gasteiger partial charge in [-0.1, -0.05) is 32.0 Å². The van der Waals surface area contributed by atoms with Gasteiger partial charge >= 0.3 is 0 Å². The zero-order chi connectivity index (χ0) is 19.9. The second-order valence-corrected chi connectivity index (χ2v) is 9.38. The van der Waals surface area contributed by atoms with E-state index in [1.54, 1.807) is 14.0 Å². The van der Waals surface area contributed by atoms with Crippen LogP contribution in [0.5, 0.6) is 5.75 Å². The first-order valence-electron chi connectivity index (χ1n) is 8.79. The number of ether oxygens (including phenoxy) is 3. The van der Waals surface area contributed by atoms with Crippen LogP contribution in [0.3, 0.4) is 0 Å². The van der Waals surface area contributed by atoms with Crippen LogP contribution in [0.25, 0.3) is 10.8 Å². The molecule has 2 aromatic carbocycles. The summed E-state index contributed by atoms with van der Waals surface area (Å²) in [6.45, 7) is 6.56. The Morgan fingerprint density at radius 2 is 1.63 bits per heavy atom. The van der Waals surface area contributed by atoms with E-state index in [4.69, 9.17) is 18.4 Å². The topological polar surface area (TPSA) is 71.1 Å². The standard InChI is InChI=1S/C20H26O6S/c1-14(26-27(5,21)22)20(24-12-19(2,3)13-25-20)17-8-6-16-11-18(23-4)9-7-15(16)10-17/h6-11,14H,12-13H2,1-5H3/t14-/m0/s1. The number of methoxy groups -OCH3 is 1. The largest absolute Gasteiger partial charge is 0.497 e. The third kappa shape index (κ3) is 4.27. The quantitative estimate of drug-likeness (QED) is 0.724. The van der Waals surface area contributed by atoms with Crippen molar-refractivity contribution in [1.29, 1.82) is 0 Å². The van der Waals surface area contributed by atoms with E-state index >= 15 is 0 Å². The van der Waals surface area contributed by atoms with E-state index in [9.17, 15) is 8.42 Å². The van der Waals surface area contributed by atoms with E-state index in [1.165, 1.54) is 0 Å². The second-order valence-electron chi connectivity index (χ2n) is 7.78. The summed E-state index contributed by atoms with van der Waals surface area (Å²) in [7, 11) is -2.05. The molecule has 1 saturated heterocycles. The highest BCUT2D eigenvalue weighted by Gasteiger charge is 2.48. The zero-order valence-corrected chi connectivity index (χ0v) is 17.1. The van der Waals surface area contributed by atoms with Crippen molar-refractivity contribution in [3.63, 3.8) is 0 Å². The molecule has 0 aromatic heterocycles. The number of benzene rings is 2. The molecule has 0 saturated carbocycles. The average Bonchev–Trinajstić information content (AvgIpc) is 2.59. The summed E-state index contributed by atoms with van der Waals surface area (Å²) >= 11 is 0. The van der Waals surface area contributed by atoms with Crippen LogP contribution >= 0.6 is 0 Å². The predicted octanol–water partition coefficient (Wildman–Crippen LogP) is 3.44. The van der Waals surface area contributed by atoms with Crippen LogP contribution in [0.15, 0.2) is 36.4 Å². The highest BCUT2D eigenvalue weighted by molar-refractivity contribution is 7.86. The lowest BCUT2D eigenvalue weighted by Crippen LogP contribution is -2.52. The molecule has 1 aliphatic heterocycles. The van der Waals surface area contributed by atoms with E-state index < -0.39 is 22.0 Å². The normalized spacial score (nSPS) is 20.3. The van der Waals surface area contributed by atoms with Crippen molar-refractivity contribution in [3.05, 3.63) is 42.0 Å². The molecule has 0 N–H and O–H groups in total. The highest BCUT2D eigenvalue weighted by Crippen LogP contribution is 2.41. The van der Waals surface area contributed by atoms with Gasteiger partial charge in [0.1, 0.15) is 11.9 Å². The van der Waals surface area contributed by atoms with E-state index in [0.29, 0.717) is 18.8 Å². The Bertz CT molecular complexity index is 925. The molecule has 0 bridgehead atoms. The van der Waals surface area contributed by atoms with Crippen molar-refractivity contribution in [3.8, 4) is 5.75 Å².